The summed E-state index contributed by atoms with van der Waals surface area (Å²) in [6, 6.07) is 5.33. The average molecular weight is 415 g/mol. The van der Waals surface area contributed by atoms with Crippen molar-refractivity contribution in [3.05, 3.63) is 57.0 Å². The first-order chi connectivity index (χ1) is 13.2. The van der Waals surface area contributed by atoms with Gasteiger partial charge in [-0.1, -0.05) is 23.7 Å². The van der Waals surface area contributed by atoms with E-state index in [4.69, 9.17) is 11.6 Å². The maximum absolute atomic E-state index is 12.9. The summed E-state index contributed by atoms with van der Waals surface area (Å²) >= 11 is 6.11. The largest absolute Gasteiger partial charge is 0.416 e. The molecule has 0 radical (unpaired) electrons. The van der Waals surface area contributed by atoms with Gasteiger partial charge in [0.25, 0.3) is 5.56 Å². The van der Waals surface area contributed by atoms with E-state index < -0.39 is 11.7 Å². The third kappa shape index (κ3) is 4.33. The maximum Gasteiger partial charge on any atom is 0.416 e. The van der Waals surface area contributed by atoms with Crippen LogP contribution in [0.5, 0.6) is 0 Å². The zero-order valence-corrected chi connectivity index (χ0v) is 16.4. The van der Waals surface area contributed by atoms with Crippen molar-refractivity contribution in [2.24, 2.45) is 13.0 Å². The lowest BCUT2D eigenvalue weighted by molar-refractivity contribution is -0.137. The molecule has 9 heteroatoms. The highest BCUT2D eigenvalue weighted by Gasteiger charge is 2.33. The highest BCUT2D eigenvalue weighted by atomic mass is 35.5. The predicted molar refractivity (Wildman–Crippen MR) is 103 cm³/mol. The monoisotopic (exact) mass is 414 g/mol. The van der Waals surface area contributed by atoms with E-state index in [0.717, 1.165) is 41.8 Å². The smallest absolute Gasteiger partial charge is 0.382 e. The number of anilines is 1. The van der Waals surface area contributed by atoms with Crippen molar-refractivity contribution in [2.45, 2.75) is 25.1 Å². The number of alkyl halides is 3. The van der Waals surface area contributed by atoms with Gasteiger partial charge in [-0.05, 0) is 50.0 Å². The summed E-state index contributed by atoms with van der Waals surface area (Å²) in [5, 5.41) is 7.24. The van der Waals surface area contributed by atoms with Crippen LogP contribution in [0.15, 0.2) is 35.3 Å². The molecule has 0 amide bonds. The van der Waals surface area contributed by atoms with Crippen LogP contribution < -0.4 is 10.9 Å². The van der Waals surface area contributed by atoms with Crippen LogP contribution in [-0.4, -0.2) is 34.8 Å². The molecule has 3 rings (SSSR count). The fourth-order valence-corrected chi connectivity index (χ4v) is 3.98. The molecule has 2 atom stereocenters. The Morgan fingerprint density at radius 1 is 1.25 bits per heavy atom. The van der Waals surface area contributed by atoms with Crippen LogP contribution in [0, 0.1) is 5.92 Å². The summed E-state index contributed by atoms with van der Waals surface area (Å²) in [4.78, 5) is 14.1. The number of piperidine rings is 1. The van der Waals surface area contributed by atoms with Gasteiger partial charge in [-0.2, -0.15) is 18.3 Å². The first-order valence-electron chi connectivity index (χ1n) is 9.01. The van der Waals surface area contributed by atoms with Crippen molar-refractivity contribution < 1.29 is 13.2 Å². The summed E-state index contributed by atoms with van der Waals surface area (Å²) in [7, 11) is 3.50. The molecule has 1 fully saturated rings. The summed E-state index contributed by atoms with van der Waals surface area (Å²) < 4.78 is 39.7. The second kappa shape index (κ2) is 8.13. The van der Waals surface area contributed by atoms with Crippen LogP contribution in [0.1, 0.15) is 30.0 Å². The zero-order valence-electron chi connectivity index (χ0n) is 15.6. The van der Waals surface area contributed by atoms with Gasteiger partial charge in [0.1, 0.15) is 5.02 Å². The van der Waals surface area contributed by atoms with E-state index in [1.54, 1.807) is 12.1 Å². The number of rotatable bonds is 4. The maximum atomic E-state index is 12.9. The molecular formula is C19H22ClF3N4O. The third-order valence-electron chi connectivity index (χ3n) is 5.22. The molecule has 0 saturated carbocycles. The number of benzene rings is 1. The van der Waals surface area contributed by atoms with Gasteiger partial charge < -0.3 is 5.32 Å². The molecule has 28 heavy (non-hydrogen) atoms. The second-order valence-electron chi connectivity index (χ2n) is 7.13. The van der Waals surface area contributed by atoms with Gasteiger partial charge in [0, 0.05) is 19.6 Å². The number of hydrogen-bond donors (Lipinski definition) is 1. The van der Waals surface area contributed by atoms with Gasteiger partial charge in [-0.15, -0.1) is 0 Å². The Hall–Kier alpha value is -2.06. The van der Waals surface area contributed by atoms with E-state index in [1.165, 1.54) is 13.2 Å². The molecule has 2 unspecified atom stereocenters. The molecule has 152 valence electrons. The van der Waals surface area contributed by atoms with E-state index in [1.807, 2.05) is 7.05 Å². The van der Waals surface area contributed by atoms with Crippen molar-refractivity contribution in [3.63, 3.8) is 0 Å². The van der Waals surface area contributed by atoms with E-state index in [-0.39, 0.29) is 22.5 Å². The van der Waals surface area contributed by atoms with Gasteiger partial charge in [-0.25, -0.2) is 4.68 Å². The second-order valence-corrected chi connectivity index (χ2v) is 7.51. The fourth-order valence-electron chi connectivity index (χ4n) is 3.74. The highest BCUT2D eigenvalue weighted by Crippen LogP contribution is 2.37. The van der Waals surface area contributed by atoms with Crippen LogP contribution >= 0.6 is 11.6 Å². The summed E-state index contributed by atoms with van der Waals surface area (Å²) in [5.74, 6) is 0.149. The van der Waals surface area contributed by atoms with Crippen LogP contribution in [0.25, 0.3) is 0 Å². The number of nitrogens with zero attached hydrogens (tertiary/aromatic N) is 3. The molecule has 1 aliphatic heterocycles. The zero-order chi connectivity index (χ0) is 20.5. The number of hydrogen-bond acceptors (Lipinski definition) is 4. The van der Waals surface area contributed by atoms with E-state index in [9.17, 15) is 18.0 Å². The molecule has 1 aliphatic rings. The fraction of sp³-hybridized carbons (Fsp3) is 0.474. The van der Waals surface area contributed by atoms with E-state index in [2.05, 4.69) is 15.3 Å². The van der Waals surface area contributed by atoms with Gasteiger partial charge in [0.05, 0.1) is 17.4 Å². The van der Waals surface area contributed by atoms with Crippen LogP contribution in [0.2, 0.25) is 5.02 Å². The molecule has 1 N–H and O–H groups in total. The molecule has 0 aliphatic carbocycles. The van der Waals surface area contributed by atoms with Gasteiger partial charge >= 0.3 is 6.18 Å². The molecule has 2 aromatic rings. The molecule has 1 aromatic heterocycles. The van der Waals surface area contributed by atoms with Gasteiger partial charge in [-0.3, -0.25) is 9.69 Å². The SMILES string of the molecule is CN1CCCC(CNc2cnn(C)c(=O)c2Cl)C1c1ccc(C(F)(F)F)cc1. The number of halogens is 4. The topological polar surface area (TPSA) is 50.2 Å². The Morgan fingerprint density at radius 3 is 2.57 bits per heavy atom. The van der Waals surface area contributed by atoms with Crippen LogP contribution in [0.4, 0.5) is 18.9 Å². The Morgan fingerprint density at radius 2 is 1.93 bits per heavy atom. The van der Waals surface area contributed by atoms with Crippen molar-refractivity contribution in [3.8, 4) is 0 Å². The highest BCUT2D eigenvalue weighted by molar-refractivity contribution is 6.32. The molecule has 1 saturated heterocycles. The van der Waals surface area contributed by atoms with Gasteiger partial charge in [0.15, 0.2) is 0 Å². The minimum absolute atomic E-state index is 0.0261. The molecular weight excluding hydrogens is 393 g/mol. The Kier molecular flexibility index (Phi) is 6.00. The normalized spacial score (nSPS) is 20.9. The van der Waals surface area contributed by atoms with E-state index in [0.29, 0.717) is 12.2 Å². The molecule has 0 spiro atoms. The quantitative estimate of drug-likeness (QED) is 0.823. The van der Waals surface area contributed by atoms with Crippen molar-refractivity contribution in [1.82, 2.24) is 14.7 Å². The summed E-state index contributed by atoms with van der Waals surface area (Å²) in [5.41, 5.74) is 0.272. The van der Waals surface area contributed by atoms with E-state index >= 15 is 0 Å². The van der Waals surface area contributed by atoms with Crippen molar-refractivity contribution in [2.75, 3.05) is 25.5 Å². The first kappa shape index (κ1) is 20.7. The molecule has 2 heterocycles. The average Bonchev–Trinajstić information content (AvgIpc) is 2.65. The number of nitrogens with one attached hydrogen (secondary N) is 1. The predicted octanol–water partition coefficient (Wildman–Crippen LogP) is 3.95. The molecule has 0 bridgehead atoms. The number of aryl methyl sites for hydroxylation is 1. The van der Waals surface area contributed by atoms with Crippen LogP contribution in [0.3, 0.4) is 0 Å². The third-order valence-corrected chi connectivity index (χ3v) is 5.58. The number of likely N-dealkylation sites (tertiary alicyclic amines) is 1. The lowest BCUT2D eigenvalue weighted by atomic mass is 9.84. The standard InChI is InChI=1S/C19H22ClF3N4O/c1-26-9-3-4-13(10-24-15-11-25-27(2)18(28)16(15)20)17(26)12-5-7-14(8-6-12)19(21,22)23/h5-8,11,13,17,24H,3-4,9-10H2,1-2H3. The summed E-state index contributed by atoms with van der Waals surface area (Å²) in [6.07, 6.45) is -0.938. The van der Waals surface area contributed by atoms with Crippen molar-refractivity contribution >= 4 is 17.3 Å². The number of aromatic nitrogens is 2. The lowest BCUT2D eigenvalue weighted by Crippen LogP contribution is -2.39. The van der Waals surface area contributed by atoms with Crippen LogP contribution in [-0.2, 0) is 13.2 Å². The molecule has 1 aromatic carbocycles. The van der Waals surface area contributed by atoms with Crippen molar-refractivity contribution in [1.29, 1.82) is 0 Å². The van der Waals surface area contributed by atoms with Gasteiger partial charge in [0.2, 0.25) is 0 Å². The minimum Gasteiger partial charge on any atom is -0.382 e. The minimum atomic E-state index is -4.35. The Bertz CT molecular complexity index is 882. The summed E-state index contributed by atoms with van der Waals surface area (Å²) in [6.45, 7) is 1.40. The first-order valence-corrected chi connectivity index (χ1v) is 9.39. The Balaban J connectivity index is 1.79. The lowest BCUT2D eigenvalue weighted by Gasteiger charge is -2.40. The Labute approximate surface area is 166 Å². The molecule has 5 nitrogen and oxygen atoms in total.